The molecule has 7 nitrogen and oxygen atoms in total. The third kappa shape index (κ3) is 5.91. The highest BCUT2D eigenvalue weighted by Crippen LogP contribution is 2.32. The first-order valence-corrected chi connectivity index (χ1v) is 14.0. The van der Waals surface area contributed by atoms with Gasteiger partial charge >= 0.3 is 0 Å². The second kappa shape index (κ2) is 11.8. The Bertz CT molecular complexity index is 1540. The van der Waals surface area contributed by atoms with Crippen LogP contribution in [0.15, 0.2) is 90.1 Å². The zero-order valence-electron chi connectivity index (χ0n) is 20.7. The van der Waals surface area contributed by atoms with Crippen LogP contribution in [0.5, 0.6) is 5.75 Å². The van der Waals surface area contributed by atoms with Crippen LogP contribution < -0.4 is 10.1 Å². The molecular weight excluding hydrogens is 538 g/mol. The van der Waals surface area contributed by atoms with Crippen LogP contribution in [0.2, 0.25) is 5.02 Å². The quantitative estimate of drug-likeness (QED) is 0.191. The lowest BCUT2D eigenvalue weighted by atomic mass is 10.1. The van der Waals surface area contributed by atoms with Gasteiger partial charge in [0.1, 0.15) is 5.75 Å². The lowest BCUT2D eigenvalue weighted by molar-refractivity contribution is -0.113. The Morgan fingerprint density at radius 2 is 1.71 bits per heavy atom. The third-order valence-corrected chi connectivity index (χ3v) is 7.73. The van der Waals surface area contributed by atoms with Crippen molar-refractivity contribution >= 4 is 45.7 Å². The molecule has 0 radical (unpaired) electrons. The highest BCUT2D eigenvalue weighted by atomic mass is 35.5. The maximum Gasteiger partial charge on any atom is 0.236 e. The summed E-state index contributed by atoms with van der Waals surface area (Å²) in [4.78, 5) is 18.5. The molecule has 0 fully saturated rings. The molecule has 0 aliphatic heterocycles. The maximum atomic E-state index is 12.8. The first-order valence-electron chi connectivity index (χ1n) is 11.9. The van der Waals surface area contributed by atoms with E-state index in [4.69, 9.17) is 16.3 Å². The lowest BCUT2D eigenvalue weighted by Crippen LogP contribution is -2.15. The number of carbonyl (C=O) groups is 1. The van der Waals surface area contributed by atoms with E-state index < -0.39 is 6.10 Å². The van der Waals surface area contributed by atoms with Crippen LogP contribution in [0.4, 0.5) is 5.13 Å². The highest BCUT2D eigenvalue weighted by molar-refractivity contribution is 7.99. The summed E-state index contributed by atoms with van der Waals surface area (Å²) in [5.41, 5.74) is 2.76. The van der Waals surface area contributed by atoms with Gasteiger partial charge in [-0.15, -0.1) is 21.5 Å². The number of anilines is 1. The summed E-state index contributed by atoms with van der Waals surface area (Å²) in [5.74, 6) is 1.13. The molecule has 2 aromatic heterocycles. The number of aryl methyl sites for hydroxylation is 1. The largest absolute Gasteiger partial charge is 0.481 e. The van der Waals surface area contributed by atoms with Crippen molar-refractivity contribution in [3.05, 3.63) is 101 Å². The molecule has 0 bridgehead atoms. The Kier molecular flexibility index (Phi) is 8.07. The van der Waals surface area contributed by atoms with Gasteiger partial charge in [0.2, 0.25) is 5.91 Å². The second-order valence-electron chi connectivity index (χ2n) is 8.33. The number of thiazole rings is 1. The molecule has 3 aromatic carbocycles. The van der Waals surface area contributed by atoms with Crippen molar-refractivity contribution in [2.24, 2.45) is 0 Å². The predicted octanol–water partition coefficient (Wildman–Crippen LogP) is 7.22. The minimum atomic E-state index is -0.444. The molecule has 10 heteroatoms. The van der Waals surface area contributed by atoms with Gasteiger partial charge in [-0.1, -0.05) is 84.0 Å². The molecule has 2 heterocycles. The molecule has 5 aromatic rings. The zero-order valence-corrected chi connectivity index (χ0v) is 23.1. The van der Waals surface area contributed by atoms with Crippen molar-refractivity contribution in [3.63, 3.8) is 0 Å². The summed E-state index contributed by atoms with van der Waals surface area (Å²) in [7, 11) is 0. The maximum absolute atomic E-state index is 12.8. The Morgan fingerprint density at radius 3 is 2.45 bits per heavy atom. The summed E-state index contributed by atoms with van der Waals surface area (Å²) >= 11 is 9.05. The number of thioether (sulfide) groups is 1. The van der Waals surface area contributed by atoms with E-state index in [1.165, 1.54) is 23.1 Å². The van der Waals surface area contributed by atoms with E-state index in [0.29, 0.717) is 26.9 Å². The number of nitrogens with one attached hydrogen (secondary N) is 1. The topological polar surface area (TPSA) is 81.9 Å². The number of carbonyl (C=O) groups excluding carboxylic acids is 1. The van der Waals surface area contributed by atoms with E-state index in [9.17, 15) is 4.79 Å². The number of amides is 1. The van der Waals surface area contributed by atoms with Crippen molar-refractivity contribution in [1.29, 1.82) is 0 Å². The van der Waals surface area contributed by atoms with Gasteiger partial charge in [-0.05, 0) is 38.1 Å². The number of hydrogen-bond donors (Lipinski definition) is 1. The fourth-order valence-corrected chi connectivity index (χ4v) is 5.63. The molecule has 0 aliphatic carbocycles. The number of hydrogen-bond acceptors (Lipinski definition) is 7. The molecule has 0 saturated carbocycles. The summed E-state index contributed by atoms with van der Waals surface area (Å²) in [6.45, 7) is 3.89. The van der Waals surface area contributed by atoms with Gasteiger partial charge in [0.05, 0.1) is 16.5 Å². The standard InChI is InChI=1S/C28H24ClN5O2S2/c1-18(36-23-16-10-9-15-22(23)29)26-32-33-28(34(26)21-13-7-4-8-14-21)37-17-24(35)30-27-31-25(19(2)38-27)20-11-5-3-6-12-20/h3-16,18H,17H2,1-2H3,(H,30,31,35). The number of nitrogens with zero attached hydrogens (tertiary/aromatic N) is 4. The van der Waals surface area contributed by atoms with E-state index in [2.05, 4.69) is 20.5 Å². The fraction of sp³-hybridized carbons (Fsp3) is 0.143. The average molecular weight is 562 g/mol. The number of halogens is 1. The molecule has 1 atom stereocenters. The number of rotatable bonds is 9. The van der Waals surface area contributed by atoms with Crippen molar-refractivity contribution in [1.82, 2.24) is 19.7 Å². The first kappa shape index (κ1) is 26.0. The normalized spacial score (nSPS) is 11.8. The highest BCUT2D eigenvalue weighted by Gasteiger charge is 2.22. The average Bonchev–Trinajstić information content (AvgIpc) is 3.53. The van der Waals surface area contributed by atoms with Crippen molar-refractivity contribution in [2.75, 3.05) is 11.1 Å². The smallest absolute Gasteiger partial charge is 0.236 e. The van der Waals surface area contributed by atoms with Gasteiger partial charge in [-0.3, -0.25) is 9.36 Å². The monoisotopic (exact) mass is 561 g/mol. The Morgan fingerprint density at radius 1 is 1.03 bits per heavy atom. The Labute approximate surface area is 233 Å². The number of benzene rings is 3. The zero-order chi connectivity index (χ0) is 26.5. The van der Waals surface area contributed by atoms with Crippen LogP contribution in [-0.4, -0.2) is 31.4 Å². The van der Waals surface area contributed by atoms with Gasteiger partial charge in [-0.2, -0.15) is 0 Å². The van der Waals surface area contributed by atoms with Crippen LogP contribution in [0, 0.1) is 6.92 Å². The molecule has 38 heavy (non-hydrogen) atoms. The molecule has 192 valence electrons. The Balaban J connectivity index is 1.32. The van der Waals surface area contributed by atoms with Crippen LogP contribution >= 0.6 is 34.7 Å². The third-order valence-electron chi connectivity index (χ3n) is 5.60. The van der Waals surface area contributed by atoms with E-state index in [-0.39, 0.29) is 11.7 Å². The summed E-state index contributed by atoms with van der Waals surface area (Å²) in [6.07, 6.45) is -0.444. The van der Waals surface area contributed by atoms with Crippen molar-refractivity contribution < 1.29 is 9.53 Å². The molecular formula is C28H24ClN5O2S2. The van der Waals surface area contributed by atoms with Gasteiger partial charge in [0, 0.05) is 16.1 Å². The molecule has 0 saturated heterocycles. The second-order valence-corrected chi connectivity index (χ2v) is 10.9. The summed E-state index contributed by atoms with van der Waals surface area (Å²) in [6, 6.07) is 27.0. The van der Waals surface area contributed by atoms with Gasteiger partial charge < -0.3 is 10.1 Å². The lowest BCUT2D eigenvalue weighted by Gasteiger charge is -2.17. The first-order chi connectivity index (χ1) is 18.5. The van der Waals surface area contributed by atoms with Gasteiger partial charge in [0.15, 0.2) is 22.2 Å². The minimum Gasteiger partial charge on any atom is -0.481 e. The minimum absolute atomic E-state index is 0.143. The summed E-state index contributed by atoms with van der Waals surface area (Å²) < 4.78 is 8.01. The van der Waals surface area contributed by atoms with E-state index in [1.54, 1.807) is 6.07 Å². The molecule has 1 N–H and O–H groups in total. The van der Waals surface area contributed by atoms with Crippen molar-refractivity contribution in [2.45, 2.75) is 25.1 Å². The van der Waals surface area contributed by atoms with E-state index in [1.807, 2.05) is 97.3 Å². The molecule has 0 aliphatic rings. The molecule has 5 rings (SSSR count). The van der Waals surface area contributed by atoms with Crippen LogP contribution in [0.1, 0.15) is 23.7 Å². The van der Waals surface area contributed by atoms with E-state index >= 15 is 0 Å². The molecule has 0 spiro atoms. The van der Waals surface area contributed by atoms with Gasteiger partial charge in [-0.25, -0.2) is 4.98 Å². The number of ether oxygens (including phenoxy) is 1. The SMILES string of the molecule is Cc1sc(NC(=O)CSc2nnc(C(C)Oc3ccccc3Cl)n2-c2ccccc2)nc1-c1ccccc1. The molecule has 1 unspecified atom stereocenters. The van der Waals surface area contributed by atoms with Crippen LogP contribution in [0.25, 0.3) is 16.9 Å². The van der Waals surface area contributed by atoms with Gasteiger partial charge in [0.25, 0.3) is 0 Å². The van der Waals surface area contributed by atoms with Crippen LogP contribution in [-0.2, 0) is 4.79 Å². The van der Waals surface area contributed by atoms with Crippen LogP contribution in [0.3, 0.4) is 0 Å². The number of para-hydroxylation sites is 2. The van der Waals surface area contributed by atoms with E-state index in [0.717, 1.165) is 21.8 Å². The summed E-state index contributed by atoms with van der Waals surface area (Å²) in [5, 5.41) is 13.4. The van der Waals surface area contributed by atoms with Crippen molar-refractivity contribution in [3.8, 4) is 22.7 Å². The molecule has 1 amide bonds. The predicted molar refractivity (Wildman–Crippen MR) is 153 cm³/mol. The fourth-order valence-electron chi connectivity index (χ4n) is 3.84. The number of aromatic nitrogens is 4. The Hall–Kier alpha value is -3.66.